The number of nitrogens with zero attached hydrogens (tertiary/aromatic N) is 2. The SMILES string of the molecule is O=CN1CCN(c2ccc(C(=O)O)cc2)CC1. The van der Waals surface area contributed by atoms with Crippen LogP contribution in [0.15, 0.2) is 24.3 Å². The summed E-state index contributed by atoms with van der Waals surface area (Å²) >= 11 is 0. The molecule has 1 N–H and O–H groups in total. The summed E-state index contributed by atoms with van der Waals surface area (Å²) in [5.41, 5.74) is 1.29. The summed E-state index contributed by atoms with van der Waals surface area (Å²) < 4.78 is 0. The molecule has 0 aromatic heterocycles. The first-order chi connectivity index (χ1) is 8.20. The highest BCUT2D eigenvalue weighted by molar-refractivity contribution is 5.88. The maximum atomic E-state index is 10.7. The third-order valence-corrected chi connectivity index (χ3v) is 2.94. The average molecular weight is 234 g/mol. The fourth-order valence-corrected chi connectivity index (χ4v) is 1.90. The molecular weight excluding hydrogens is 220 g/mol. The first-order valence-electron chi connectivity index (χ1n) is 5.48. The third kappa shape index (κ3) is 2.55. The van der Waals surface area contributed by atoms with Crippen molar-refractivity contribution < 1.29 is 14.7 Å². The van der Waals surface area contributed by atoms with Crippen molar-refractivity contribution >= 4 is 18.1 Å². The van der Waals surface area contributed by atoms with Crippen LogP contribution in [0.25, 0.3) is 0 Å². The van der Waals surface area contributed by atoms with E-state index in [0.29, 0.717) is 18.7 Å². The number of rotatable bonds is 3. The molecule has 0 radical (unpaired) electrons. The molecule has 0 spiro atoms. The van der Waals surface area contributed by atoms with Crippen LogP contribution in [-0.4, -0.2) is 48.6 Å². The summed E-state index contributed by atoms with van der Waals surface area (Å²) in [6.07, 6.45) is 0.866. The molecule has 1 aliphatic rings. The Balaban J connectivity index is 2.03. The smallest absolute Gasteiger partial charge is 0.335 e. The summed E-state index contributed by atoms with van der Waals surface area (Å²) in [6, 6.07) is 6.81. The second-order valence-electron chi connectivity index (χ2n) is 3.98. The Labute approximate surface area is 99.3 Å². The van der Waals surface area contributed by atoms with Crippen molar-refractivity contribution in [3.8, 4) is 0 Å². The third-order valence-electron chi connectivity index (χ3n) is 2.94. The molecule has 5 nitrogen and oxygen atoms in total. The molecule has 0 aliphatic carbocycles. The van der Waals surface area contributed by atoms with Gasteiger partial charge in [0, 0.05) is 31.9 Å². The van der Waals surface area contributed by atoms with Crippen LogP contribution in [0.4, 0.5) is 5.69 Å². The molecule has 90 valence electrons. The van der Waals surface area contributed by atoms with Gasteiger partial charge in [-0.05, 0) is 24.3 Å². The van der Waals surface area contributed by atoms with Crippen LogP contribution >= 0.6 is 0 Å². The topological polar surface area (TPSA) is 60.9 Å². The predicted molar refractivity (Wildman–Crippen MR) is 63.3 cm³/mol. The van der Waals surface area contributed by atoms with Gasteiger partial charge in [0.05, 0.1) is 5.56 Å². The number of carbonyl (C=O) groups is 2. The number of aromatic carboxylic acids is 1. The lowest BCUT2D eigenvalue weighted by atomic mass is 10.2. The van der Waals surface area contributed by atoms with Crippen LogP contribution in [0.1, 0.15) is 10.4 Å². The second-order valence-corrected chi connectivity index (χ2v) is 3.98. The molecule has 5 heteroatoms. The van der Waals surface area contributed by atoms with Crippen molar-refractivity contribution in [2.24, 2.45) is 0 Å². The lowest BCUT2D eigenvalue weighted by molar-refractivity contribution is -0.118. The molecule has 1 heterocycles. The summed E-state index contributed by atoms with van der Waals surface area (Å²) in [4.78, 5) is 25.2. The molecule has 1 aromatic rings. The van der Waals surface area contributed by atoms with E-state index in [4.69, 9.17) is 5.11 Å². The van der Waals surface area contributed by atoms with E-state index < -0.39 is 5.97 Å². The van der Waals surface area contributed by atoms with Crippen molar-refractivity contribution in [3.63, 3.8) is 0 Å². The highest BCUT2D eigenvalue weighted by Crippen LogP contribution is 2.16. The molecule has 0 atom stereocenters. The van der Waals surface area contributed by atoms with Crippen LogP contribution in [0.2, 0.25) is 0 Å². The molecule has 0 unspecified atom stereocenters. The van der Waals surface area contributed by atoms with Gasteiger partial charge < -0.3 is 14.9 Å². The predicted octanol–water partition coefficient (Wildman–Crippen LogP) is 0.663. The molecule has 1 aromatic carbocycles. The number of amides is 1. The Bertz CT molecular complexity index is 408. The first-order valence-corrected chi connectivity index (χ1v) is 5.48. The molecule has 0 bridgehead atoms. The van der Waals surface area contributed by atoms with Gasteiger partial charge in [0.2, 0.25) is 6.41 Å². The van der Waals surface area contributed by atoms with Crippen molar-refractivity contribution in [3.05, 3.63) is 29.8 Å². The lowest BCUT2D eigenvalue weighted by Crippen LogP contribution is -2.45. The Morgan fingerprint density at radius 2 is 1.71 bits per heavy atom. The number of hydrogen-bond donors (Lipinski definition) is 1. The quantitative estimate of drug-likeness (QED) is 0.781. The fourth-order valence-electron chi connectivity index (χ4n) is 1.90. The Hall–Kier alpha value is -2.04. The zero-order valence-electron chi connectivity index (χ0n) is 9.37. The minimum Gasteiger partial charge on any atom is -0.478 e. The van der Waals surface area contributed by atoms with Gasteiger partial charge in [0.25, 0.3) is 0 Å². The van der Waals surface area contributed by atoms with Gasteiger partial charge in [-0.3, -0.25) is 4.79 Å². The van der Waals surface area contributed by atoms with Crippen molar-refractivity contribution in [1.29, 1.82) is 0 Å². The number of anilines is 1. The van der Waals surface area contributed by atoms with Gasteiger partial charge in [-0.2, -0.15) is 0 Å². The number of piperazine rings is 1. The number of carbonyl (C=O) groups excluding carboxylic acids is 1. The summed E-state index contributed by atoms with van der Waals surface area (Å²) in [6.45, 7) is 2.99. The summed E-state index contributed by atoms with van der Waals surface area (Å²) in [7, 11) is 0. The molecule has 2 rings (SSSR count). The normalized spacial score (nSPS) is 15.8. The van der Waals surface area contributed by atoms with E-state index >= 15 is 0 Å². The molecule has 1 fully saturated rings. The van der Waals surface area contributed by atoms with Gasteiger partial charge >= 0.3 is 5.97 Å². The maximum absolute atomic E-state index is 10.7. The van der Waals surface area contributed by atoms with Crippen molar-refractivity contribution in [2.75, 3.05) is 31.1 Å². The van der Waals surface area contributed by atoms with Crippen LogP contribution in [0, 0.1) is 0 Å². The molecule has 17 heavy (non-hydrogen) atoms. The van der Waals surface area contributed by atoms with E-state index in [9.17, 15) is 9.59 Å². The maximum Gasteiger partial charge on any atom is 0.335 e. The Morgan fingerprint density at radius 3 is 2.18 bits per heavy atom. The molecule has 1 aliphatic heterocycles. The standard InChI is InChI=1S/C12H14N2O3/c15-9-13-5-7-14(8-6-13)11-3-1-10(2-4-11)12(16)17/h1-4,9H,5-8H2,(H,16,17). The minimum absolute atomic E-state index is 0.292. The van der Waals surface area contributed by atoms with Crippen molar-refractivity contribution in [1.82, 2.24) is 4.90 Å². The van der Waals surface area contributed by atoms with Gasteiger partial charge in [0.15, 0.2) is 0 Å². The monoisotopic (exact) mass is 234 g/mol. The summed E-state index contributed by atoms with van der Waals surface area (Å²) in [5, 5.41) is 8.79. The lowest BCUT2D eigenvalue weighted by Gasteiger charge is -2.34. The van der Waals surface area contributed by atoms with E-state index in [0.717, 1.165) is 25.2 Å². The van der Waals surface area contributed by atoms with Crippen LogP contribution in [-0.2, 0) is 4.79 Å². The fraction of sp³-hybridized carbons (Fsp3) is 0.333. The largest absolute Gasteiger partial charge is 0.478 e. The van der Waals surface area contributed by atoms with Gasteiger partial charge in [-0.25, -0.2) is 4.79 Å². The molecule has 0 saturated carbocycles. The Morgan fingerprint density at radius 1 is 1.12 bits per heavy atom. The van der Waals surface area contributed by atoms with Gasteiger partial charge in [-0.15, -0.1) is 0 Å². The molecular formula is C12H14N2O3. The zero-order valence-corrected chi connectivity index (χ0v) is 9.37. The van der Waals surface area contributed by atoms with Crippen LogP contribution in [0.5, 0.6) is 0 Å². The zero-order chi connectivity index (χ0) is 12.3. The first kappa shape index (κ1) is 11.4. The average Bonchev–Trinajstić information content (AvgIpc) is 2.39. The van der Waals surface area contributed by atoms with E-state index in [1.165, 1.54) is 0 Å². The van der Waals surface area contributed by atoms with Gasteiger partial charge in [-0.1, -0.05) is 0 Å². The van der Waals surface area contributed by atoms with E-state index in [1.807, 2.05) is 0 Å². The van der Waals surface area contributed by atoms with Crippen molar-refractivity contribution in [2.45, 2.75) is 0 Å². The molecule has 1 amide bonds. The number of carboxylic acids is 1. The minimum atomic E-state index is -0.915. The van der Waals surface area contributed by atoms with E-state index in [1.54, 1.807) is 29.2 Å². The summed E-state index contributed by atoms with van der Waals surface area (Å²) in [5.74, 6) is -0.915. The van der Waals surface area contributed by atoms with E-state index in [-0.39, 0.29) is 0 Å². The Kier molecular flexibility index (Phi) is 3.27. The van der Waals surface area contributed by atoms with Crippen LogP contribution < -0.4 is 4.90 Å². The van der Waals surface area contributed by atoms with Gasteiger partial charge in [0.1, 0.15) is 0 Å². The van der Waals surface area contributed by atoms with E-state index in [2.05, 4.69) is 4.90 Å². The second kappa shape index (κ2) is 4.86. The highest BCUT2D eigenvalue weighted by Gasteiger charge is 2.15. The number of hydrogen-bond acceptors (Lipinski definition) is 3. The van der Waals surface area contributed by atoms with Crippen LogP contribution in [0.3, 0.4) is 0 Å². The highest BCUT2D eigenvalue weighted by atomic mass is 16.4. The number of benzene rings is 1. The molecule has 1 saturated heterocycles. The number of carboxylic acid groups (broad SMARTS) is 1.